The van der Waals surface area contributed by atoms with Crippen LogP contribution in [-0.2, 0) is 6.18 Å². The highest BCUT2D eigenvalue weighted by atomic mass is 19.4. The zero-order valence-electron chi connectivity index (χ0n) is 9.34. The van der Waals surface area contributed by atoms with E-state index in [0.717, 1.165) is 12.1 Å². The van der Waals surface area contributed by atoms with E-state index < -0.39 is 29.3 Å². The number of halogens is 3. The number of carbonyl (C=O) groups excluding carboxylic acids is 1. The van der Waals surface area contributed by atoms with E-state index in [0.29, 0.717) is 0 Å². The number of alkyl halides is 3. The summed E-state index contributed by atoms with van der Waals surface area (Å²) in [7, 11) is 0. The zero-order valence-corrected chi connectivity index (χ0v) is 9.34. The molecule has 1 aromatic rings. The summed E-state index contributed by atoms with van der Waals surface area (Å²) in [6.45, 7) is 3.19. The molecule has 0 unspecified atom stereocenters. The van der Waals surface area contributed by atoms with Crippen molar-refractivity contribution in [2.24, 2.45) is 5.73 Å². The smallest absolute Gasteiger partial charge is 0.420 e. The lowest BCUT2D eigenvalue weighted by molar-refractivity contribution is -0.139. The molecule has 2 N–H and O–H groups in total. The minimum absolute atomic E-state index is 0.385. The van der Waals surface area contributed by atoms with Crippen LogP contribution in [0.3, 0.4) is 0 Å². The van der Waals surface area contributed by atoms with Crippen molar-refractivity contribution in [1.82, 2.24) is 0 Å². The fourth-order valence-electron chi connectivity index (χ4n) is 1.38. The van der Waals surface area contributed by atoms with Crippen LogP contribution >= 0.6 is 0 Å². The molecule has 0 fully saturated rings. The van der Waals surface area contributed by atoms with E-state index >= 15 is 0 Å². The second-order valence-electron chi connectivity index (χ2n) is 3.71. The summed E-state index contributed by atoms with van der Waals surface area (Å²) in [5.74, 6) is -1.52. The summed E-state index contributed by atoms with van der Waals surface area (Å²) < 4.78 is 43.5. The predicted octanol–water partition coefficient (Wildman–Crippen LogP) is 2.59. The van der Waals surface area contributed by atoms with Gasteiger partial charge in [0.05, 0.1) is 11.7 Å². The molecular formula is C11H12F3NO2. The number of rotatable bonds is 3. The minimum Gasteiger partial charge on any atom is -0.490 e. The molecule has 6 heteroatoms. The van der Waals surface area contributed by atoms with E-state index in [1.807, 2.05) is 0 Å². The monoisotopic (exact) mass is 247 g/mol. The number of nitrogens with two attached hydrogens (primary N) is 1. The maximum atomic E-state index is 12.8. The second-order valence-corrected chi connectivity index (χ2v) is 3.71. The van der Waals surface area contributed by atoms with Gasteiger partial charge in [0.1, 0.15) is 11.3 Å². The number of carbonyl (C=O) groups is 1. The molecule has 0 saturated carbocycles. The van der Waals surface area contributed by atoms with Crippen molar-refractivity contribution >= 4 is 5.91 Å². The molecule has 0 aromatic heterocycles. The number of benzene rings is 1. The molecule has 0 saturated heterocycles. The van der Waals surface area contributed by atoms with Crippen molar-refractivity contribution < 1.29 is 22.7 Å². The molecule has 0 spiro atoms. The van der Waals surface area contributed by atoms with Crippen LogP contribution in [-0.4, -0.2) is 12.0 Å². The zero-order chi connectivity index (χ0) is 13.2. The highest BCUT2D eigenvalue weighted by Gasteiger charge is 2.38. The lowest BCUT2D eigenvalue weighted by Gasteiger charge is -2.18. The van der Waals surface area contributed by atoms with Crippen molar-refractivity contribution in [3.05, 3.63) is 29.3 Å². The summed E-state index contributed by atoms with van der Waals surface area (Å²) in [4.78, 5) is 11.0. The molecule has 0 atom stereocenters. The quantitative estimate of drug-likeness (QED) is 0.892. The Labute approximate surface area is 96.4 Å². The van der Waals surface area contributed by atoms with E-state index in [1.54, 1.807) is 13.8 Å². The van der Waals surface area contributed by atoms with Gasteiger partial charge in [0.25, 0.3) is 0 Å². The summed E-state index contributed by atoms with van der Waals surface area (Å²) in [6, 6.07) is 3.49. The van der Waals surface area contributed by atoms with Crippen molar-refractivity contribution in [1.29, 1.82) is 0 Å². The Balaban J connectivity index is 3.40. The molecular weight excluding hydrogens is 235 g/mol. The van der Waals surface area contributed by atoms with Crippen molar-refractivity contribution in [2.75, 3.05) is 0 Å². The van der Waals surface area contributed by atoms with Crippen LogP contribution in [0.5, 0.6) is 5.75 Å². The van der Waals surface area contributed by atoms with Crippen molar-refractivity contribution in [2.45, 2.75) is 26.1 Å². The maximum absolute atomic E-state index is 12.8. The maximum Gasteiger partial charge on any atom is 0.420 e. The van der Waals surface area contributed by atoms with Crippen LogP contribution in [0.4, 0.5) is 13.2 Å². The first kappa shape index (κ1) is 13.3. The molecule has 94 valence electrons. The number of amides is 1. The summed E-state index contributed by atoms with van der Waals surface area (Å²) >= 11 is 0. The van der Waals surface area contributed by atoms with Gasteiger partial charge in [-0.1, -0.05) is 6.07 Å². The van der Waals surface area contributed by atoms with Crippen LogP contribution in [0.15, 0.2) is 18.2 Å². The Morgan fingerprint density at radius 1 is 1.35 bits per heavy atom. The lowest BCUT2D eigenvalue weighted by Crippen LogP contribution is -2.21. The molecule has 0 aliphatic heterocycles. The normalized spacial score (nSPS) is 11.6. The first-order valence-electron chi connectivity index (χ1n) is 4.90. The van der Waals surface area contributed by atoms with E-state index in [2.05, 4.69) is 0 Å². The largest absolute Gasteiger partial charge is 0.490 e. The van der Waals surface area contributed by atoms with Gasteiger partial charge in [0.2, 0.25) is 5.91 Å². The van der Waals surface area contributed by atoms with Crippen molar-refractivity contribution in [3.63, 3.8) is 0 Å². The molecule has 3 nitrogen and oxygen atoms in total. The molecule has 0 bridgehead atoms. The lowest BCUT2D eigenvalue weighted by atomic mass is 10.1. The number of hydrogen-bond donors (Lipinski definition) is 1. The van der Waals surface area contributed by atoms with Gasteiger partial charge >= 0.3 is 6.18 Å². The van der Waals surface area contributed by atoms with Gasteiger partial charge in [-0.2, -0.15) is 13.2 Å². The summed E-state index contributed by atoms with van der Waals surface area (Å²) in [5, 5.41) is 0. The average molecular weight is 247 g/mol. The van der Waals surface area contributed by atoms with Crippen molar-refractivity contribution in [3.8, 4) is 5.75 Å². The SMILES string of the molecule is CC(C)Oc1cccc(C(N)=O)c1C(F)(F)F. The van der Waals surface area contributed by atoms with Gasteiger partial charge in [0, 0.05) is 0 Å². The topological polar surface area (TPSA) is 52.3 Å². The number of hydrogen-bond acceptors (Lipinski definition) is 2. The third-order valence-electron chi connectivity index (χ3n) is 1.94. The fraction of sp³-hybridized carbons (Fsp3) is 0.364. The van der Waals surface area contributed by atoms with Gasteiger partial charge in [0.15, 0.2) is 0 Å². The highest BCUT2D eigenvalue weighted by Crippen LogP contribution is 2.38. The Bertz CT molecular complexity index is 427. The molecule has 1 aromatic carbocycles. The molecule has 0 heterocycles. The number of ether oxygens (including phenoxy) is 1. The van der Waals surface area contributed by atoms with Gasteiger partial charge < -0.3 is 10.5 Å². The molecule has 0 radical (unpaired) electrons. The molecule has 17 heavy (non-hydrogen) atoms. The third kappa shape index (κ3) is 3.12. The first-order chi connectivity index (χ1) is 7.73. The second kappa shape index (κ2) is 4.65. The van der Waals surface area contributed by atoms with Crippen LogP contribution in [0.25, 0.3) is 0 Å². The molecule has 1 amide bonds. The Morgan fingerprint density at radius 2 is 1.94 bits per heavy atom. The summed E-state index contributed by atoms with van der Waals surface area (Å²) in [5.41, 5.74) is 3.21. The van der Waals surface area contributed by atoms with Gasteiger partial charge in [-0.05, 0) is 26.0 Å². The predicted molar refractivity (Wildman–Crippen MR) is 55.7 cm³/mol. The third-order valence-corrected chi connectivity index (χ3v) is 1.94. The van der Waals surface area contributed by atoms with E-state index in [4.69, 9.17) is 10.5 Å². The van der Waals surface area contributed by atoms with E-state index in [1.165, 1.54) is 6.07 Å². The van der Waals surface area contributed by atoms with Gasteiger partial charge in [-0.3, -0.25) is 4.79 Å². The molecule has 1 rings (SSSR count). The van der Waals surface area contributed by atoms with Crippen LogP contribution < -0.4 is 10.5 Å². The number of primary amides is 1. The van der Waals surface area contributed by atoms with Crippen LogP contribution in [0, 0.1) is 0 Å². The van der Waals surface area contributed by atoms with E-state index in [9.17, 15) is 18.0 Å². The summed E-state index contributed by atoms with van der Waals surface area (Å²) in [6.07, 6.45) is -5.12. The first-order valence-corrected chi connectivity index (χ1v) is 4.90. The Hall–Kier alpha value is -1.72. The fourth-order valence-corrected chi connectivity index (χ4v) is 1.38. The average Bonchev–Trinajstić information content (AvgIpc) is 2.14. The molecule has 0 aliphatic carbocycles. The minimum atomic E-state index is -4.68. The Kier molecular flexibility index (Phi) is 3.65. The highest BCUT2D eigenvalue weighted by molar-refractivity contribution is 5.95. The molecule has 0 aliphatic rings. The van der Waals surface area contributed by atoms with Crippen LogP contribution in [0.2, 0.25) is 0 Å². The van der Waals surface area contributed by atoms with Crippen LogP contribution in [0.1, 0.15) is 29.8 Å². The van der Waals surface area contributed by atoms with E-state index in [-0.39, 0.29) is 5.75 Å². The van der Waals surface area contributed by atoms with Gasteiger partial charge in [-0.15, -0.1) is 0 Å². The van der Waals surface area contributed by atoms with Gasteiger partial charge in [-0.25, -0.2) is 0 Å². The standard InChI is InChI=1S/C11H12F3NO2/c1-6(2)17-8-5-3-4-7(10(15)16)9(8)11(12,13)14/h3-6H,1-2H3,(H2,15,16). The Morgan fingerprint density at radius 3 is 2.35 bits per heavy atom.